The largest absolute Gasteiger partial charge is 0.469 e. The van der Waals surface area contributed by atoms with Gasteiger partial charge in [-0.15, -0.1) is 0 Å². The Hall–Kier alpha value is -1.10. The van der Waals surface area contributed by atoms with E-state index in [0.29, 0.717) is 12.3 Å². The van der Waals surface area contributed by atoms with Gasteiger partial charge in [-0.25, -0.2) is 0 Å². The highest BCUT2D eigenvalue weighted by Crippen LogP contribution is 2.35. The fourth-order valence-electron chi connectivity index (χ4n) is 3.48. The van der Waals surface area contributed by atoms with Crippen LogP contribution in [-0.2, 0) is 19.1 Å². The molecule has 5 nitrogen and oxygen atoms in total. The zero-order valence-electron chi connectivity index (χ0n) is 11.7. The molecule has 108 valence electrons. The van der Waals surface area contributed by atoms with Gasteiger partial charge in [-0.2, -0.15) is 0 Å². The normalized spacial score (nSPS) is 32.0. The lowest BCUT2D eigenvalue weighted by atomic mass is 9.79. The monoisotopic (exact) mass is 269 g/mol. The zero-order valence-corrected chi connectivity index (χ0v) is 11.7. The predicted molar refractivity (Wildman–Crippen MR) is 69.4 cm³/mol. The van der Waals surface area contributed by atoms with Crippen LogP contribution >= 0.6 is 0 Å². The van der Waals surface area contributed by atoms with Crippen molar-refractivity contribution in [3.05, 3.63) is 0 Å². The minimum atomic E-state index is -0.374. The lowest BCUT2D eigenvalue weighted by molar-refractivity contribution is -0.146. The van der Waals surface area contributed by atoms with Gasteiger partial charge in [-0.1, -0.05) is 19.3 Å². The molecule has 0 spiro atoms. The Bertz CT molecular complexity index is 338. The van der Waals surface area contributed by atoms with E-state index in [1.54, 1.807) is 0 Å². The molecule has 0 amide bonds. The maximum absolute atomic E-state index is 11.9. The van der Waals surface area contributed by atoms with Gasteiger partial charge in [0.2, 0.25) is 0 Å². The summed E-state index contributed by atoms with van der Waals surface area (Å²) in [7, 11) is 2.79. The van der Waals surface area contributed by atoms with Gasteiger partial charge in [0.05, 0.1) is 20.1 Å². The van der Waals surface area contributed by atoms with Gasteiger partial charge in [0.25, 0.3) is 0 Å². The smallest absolute Gasteiger partial charge is 0.322 e. The Labute approximate surface area is 114 Å². The van der Waals surface area contributed by atoms with Crippen LogP contribution in [-0.4, -0.2) is 38.2 Å². The number of esters is 2. The number of carbonyl (C=O) groups excluding carboxylic acids is 2. The molecule has 1 saturated carbocycles. The summed E-state index contributed by atoms with van der Waals surface area (Å²) in [5.74, 6) is -0.258. The predicted octanol–water partition coefficient (Wildman–Crippen LogP) is 1.26. The summed E-state index contributed by atoms with van der Waals surface area (Å²) in [4.78, 5) is 23.6. The summed E-state index contributed by atoms with van der Waals surface area (Å²) in [6, 6.07) is -0.321. The molecule has 1 aliphatic heterocycles. The molecule has 19 heavy (non-hydrogen) atoms. The molecule has 5 heteroatoms. The summed E-state index contributed by atoms with van der Waals surface area (Å²) in [6.07, 6.45) is 6.42. The quantitative estimate of drug-likeness (QED) is 0.781. The third-order valence-electron chi connectivity index (χ3n) is 4.46. The van der Waals surface area contributed by atoms with Crippen LogP contribution in [0.3, 0.4) is 0 Å². The SMILES string of the molecule is COC(=O)[C@H]1C[C@@H](C(=O)OC)[C@@H](C2CCCCC2)N1. The molecule has 2 aliphatic rings. The van der Waals surface area contributed by atoms with E-state index in [1.165, 1.54) is 33.5 Å². The summed E-state index contributed by atoms with van der Waals surface area (Å²) in [6.45, 7) is 0. The molecule has 2 fully saturated rings. The van der Waals surface area contributed by atoms with E-state index in [2.05, 4.69) is 5.32 Å². The molecule has 1 heterocycles. The molecule has 0 aromatic heterocycles. The number of rotatable bonds is 3. The Kier molecular flexibility index (Phi) is 4.80. The molecule has 3 atom stereocenters. The minimum absolute atomic E-state index is 0.0526. The number of carbonyl (C=O) groups is 2. The second kappa shape index (κ2) is 6.37. The van der Waals surface area contributed by atoms with Gasteiger partial charge >= 0.3 is 11.9 Å². The van der Waals surface area contributed by atoms with Crippen LogP contribution in [0.25, 0.3) is 0 Å². The molecule has 0 radical (unpaired) electrons. The third-order valence-corrected chi connectivity index (χ3v) is 4.46. The second-order valence-corrected chi connectivity index (χ2v) is 5.53. The highest BCUT2D eigenvalue weighted by molar-refractivity contribution is 5.80. The summed E-state index contributed by atoms with van der Waals surface area (Å²) in [5, 5.41) is 3.30. The summed E-state index contributed by atoms with van der Waals surface area (Å²) < 4.78 is 9.66. The van der Waals surface area contributed by atoms with E-state index in [4.69, 9.17) is 9.47 Å². The van der Waals surface area contributed by atoms with Crippen LogP contribution in [0, 0.1) is 11.8 Å². The van der Waals surface area contributed by atoms with Gasteiger partial charge < -0.3 is 14.8 Å². The van der Waals surface area contributed by atoms with Crippen LogP contribution in [0.4, 0.5) is 0 Å². The second-order valence-electron chi connectivity index (χ2n) is 5.53. The van der Waals surface area contributed by atoms with Crippen molar-refractivity contribution < 1.29 is 19.1 Å². The zero-order chi connectivity index (χ0) is 13.8. The van der Waals surface area contributed by atoms with Gasteiger partial charge in [0.15, 0.2) is 0 Å². The van der Waals surface area contributed by atoms with E-state index in [-0.39, 0.29) is 29.9 Å². The molecule has 0 aromatic carbocycles. The molecule has 0 aromatic rings. The number of nitrogens with one attached hydrogen (secondary N) is 1. The van der Waals surface area contributed by atoms with Crippen LogP contribution in [0.1, 0.15) is 38.5 Å². The average Bonchev–Trinajstić information content (AvgIpc) is 2.91. The Balaban J connectivity index is 2.08. The molecule has 1 aliphatic carbocycles. The topological polar surface area (TPSA) is 64.6 Å². The first-order chi connectivity index (χ1) is 9.17. The maximum Gasteiger partial charge on any atom is 0.322 e. The fraction of sp³-hybridized carbons (Fsp3) is 0.857. The summed E-state index contributed by atoms with van der Waals surface area (Å²) in [5.41, 5.74) is 0. The molecule has 1 saturated heterocycles. The van der Waals surface area contributed by atoms with Gasteiger partial charge in [-0.05, 0) is 25.2 Å². The van der Waals surface area contributed by atoms with E-state index in [1.807, 2.05) is 0 Å². The molecule has 1 N–H and O–H groups in total. The van der Waals surface area contributed by atoms with Crippen molar-refractivity contribution in [2.75, 3.05) is 14.2 Å². The van der Waals surface area contributed by atoms with E-state index < -0.39 is 0 Å². The molecule has 0 bridgehead atoms. The van der Waals surface area contributed by atoms with Crippen molar-refractivity contribution in [3.8, 4) is 0 Å². The third kappa shape index (κ3) is 3.08. The standard InChI is InChI=1S/C14H23NO4/c1-18-13(16)10-8-11(14(17)19-2)15-12(10)9-6-4-3-5-7-9/h9-12,15H,3-8H2,1-2H3/t10-,11-,12-/m1/s1. The Morgan fingerprint density at radius 2 is 1.63 bits per heavy atom. The Morgan fingerprint density at radius 3 is 2.21 bits per heavy atom. The lowest BCUT2D eigenvalue weighted by Gasteiger charge is -2.30. The molecule has 2 rings (SSSR count). The summed E-state index contributed by atoms with van der Waals surface area (Å²) >= 11 is 0. The van der Waals surface area contributed by atoms with Gasteiger partial charge in [0, 0.05) is 6.04 Å². The van der Waals surface area contributed by atoms with E-state index in [0.717, 1.165) is 12.8 Å². The fourth-order valence-corrected chi connectivity index (χ4v) is 3.48. The molecular formula is C14H23NO4. The van der Waals surface area contributed by atoms with Crippen LogP contribution in [0.2, 0.25) is 0 Å². The van der Waals surface area contributed by atoms with E-state index >= 15 is 0 Å². The number of hydrogen-bond donors (Lipinski definition) is 1. The first-order valence-electron chi connectivity index (χ1n) is 7.09. The van der Waals surface area contributed by atoms with Crippen molar-refractivity contribution in [1.29, 1.82) is 0 Å². The first-order valence-corrected chi connectivity index (χ1v) is 7.09. The van der Waals surface area contributed by atoms with Crippen molar-refractivity contribution in [1.82, 2.24) is 5.32 Å². The van der Waals surface area contributed by atoms with Crippen molar-refractivity contribution in [2.45, 2.75) is 50.6 Å². The van der Waals surface area contributed by atoms with Crippen LogP contribution < -0.4 is 5.32 Å². The Morgan fingerprint density at radius 1 is 1.00 bits per heavy atom. The molecular weight excluding hydrogens is 246 g/mol. The molecule has 0 unspecified atom stereocenters. The van der Waals surface area contributed by atoms with Crippen LogP contribution in [0.15, 0.2) is 0 Å². The highest BCUT2D eigenvalue weighted by atomic mass is 16.5. The van der Waals surface area contributed by atoms with Gasteiger partial charge in [-0.3, -0.25) is 9.59 Å². The average molecular weight is 269 g/mol. The van der Waals surface area contributed by atoms with Crippen molar-refractivity contribution >= 4 is 11.9 Å². The first kappa shape index (κ1) is 14.3. The number of ether oxygens (including phenoxy) is 2. The number of hydrogen-bond acceptors (Lipinski definition) is 5. The number of methoxy groups -OCH3 is 2. The lowest BCUT2D eigenvalue weighted by Crippen LogP contribution is -2.43. The maximum atomic E-state index is 11.9. The van der Waals surface area contributed by atoms with Crippen LogP contribution in [0.5, 0.6) is 0 Å². The minimum Gasteiger partial charge on any atom is -0.469 e. The van der Waals surface area contributed by atoms with Crippen molar-refractivity contribution in [2.24, 2.45) is 11.8 Å². The highest BCUT2D eigenvalue weighted by Gasteiger charge is 2.45. The van der Waals surface area contributed by atoms with Gasteiger partial charge in [0.1, 0.15) is 6.04 Å². The van der Waals surface area contributed by atoms with E-state index in [9.17, 15) is 9.59 Å². The van der Waals surface area contributed by atoms with Crippen molar-refractivity contribution in [3.63, 3.8) is 0 Å².